The molecule has 24 heavy (non-hydrogen) atoms. The molecule has 0 amide bonds. The number of hydrogen-bond acceptors (Lipinski definition) is 5. The minimum absolute atomic E-state index is 0.130. The van der Waals surface area contributed by atoms with Gasteiger partial charge in [0.2, 0.25) is 0 Å². The molecule has 1 heterocycles. The first-order valence-electron chi connectivity index (χ1n) is 7.87. The Morgan fingerprint density at radius 3 is 2.75 bits per heavy atom. The lowest BCUT2D eigenvalue weighted by Crippen LogP contribution is -2.31. The zero-order valence-corrected chi connectivity index (χ0v) is 13.2. The van der Waals surface area contributed by atoms with Crippen molar-refractivity contribution in [2.75, 3.05) is 26.4 Å². The van der Waals surface area contributed by atoms with Gasteiger partial charge in [0.25, 0.3) is 0 Å². The summed E-state index contributed by atoms with van der Waals surface area (Å²) in [6, 6.07) is 11.5. The number of ether oxygens (including phenoxy) is 3. The van der Waals surface area contributed by atoms with Gasteiger partial charge in [0.1, 0.15) is 37.5 Å². The van der Waals surface area contributed by atoms with Gasteiger partial charge in [-0.3, -0.25) is 0 Å². The molecule has 0 radical (unpaired) electrons. The van der Waals surface area contributed by atoms with Crippen molar-refractivity contribution in [3.63, 3.8) is 0 Å². The number of hydrogen-bond donors (Lipinski definition) is 2. The van der Waals surface area contributed by atoms with Crippen LogP contribution >= 0.6 is 0 Å². The summed E-state index contributed by atoms with van der Waals surface area (Å²) in [5, 5.41) is 13.1. The van der Waals surface area contributed by atoms with Crippen LogP contribution in [-0.2, 0) is 6.54 Å². The molecule has 0 unspecified atom stereocenters. The SMILES string of the molecule is O[C@H](CNCc1cccc2c1OCCO2)COc1ccc(F)cc1. The molecule has 2 N–H and O–H groups in total. The Morgan fingerprint density at radius 1 is 1.12 bits per heavy atom. The number of para-hydroxylation sites is 1. The Morgan fingerprint density at radius 2 is 1.92 bits per heavy atom. The quantitative estimate of drug-likeness (QED) is 0.813. The van der Waals surface area contributed by atoms with Crippen LogP contribution in [0.5, 0.6) is 17.2 Å². The highest BCUT2D eigenvalue weighted by Gasteiger charge is 2.15. The van der Waals surface area contributed by atoms with E-state index in [0.29, 0.717) is 32.1 Å². The Bertz CT molecular complexity index is 663. The summed E-state index contributed by atoms with van der Waals surface area (Å²) in [5.74, 6) is 1.72. The third-order valence-corrected chi connectivity index (χ3v) is 3.60. The van der Waals surface area contributed by atoms with Gasteiger partial charge >= 0.3 is 0 Å². The van der Waals surface area contributed by atoms with Crippen molar-refractivity contribution in [3.8, 4) is 17.2 Å². The van der Waals surface area contributed by atoms with Gasteiger partial charge in [0.05, 0.1) is 0 Å². The fourth-order valence-electron chi connectivity index (χ4n) is 2.43. The number of halogens is 1. The number of rotatable bonds is 7. The zero-order chi connectivity index (χ0) is 16.8. The van der Waals surface area contributed by atoms with Crippen molar-refractivity contribution >= 4 is 0 Å². The van der Waals surface area contributed by atoms with Gasteiger partial charge in [-0.25, -0.2) is 4.39 Å². The van der Waals surface area contributed by atoms with Gasteiger partial charge in [-0.1, -0.05) is 12.1 Å². The molecular formula is C18H20FNO4. The van der Waals surface area contributed by atoms with E-state index in [0.717, 1.165) is 17.1 Å². The fraction of sp³-hybridized carbons (Fsp3) is 0.333. The summed E-state index contributed by atoms with van der Waals surface area (Å²) in [6.45, 7) is 2.15. The molecule has 2 aromatic rings. The van der Waals surface area contributed by atoms with Crippen molar-refractivity contribution in [1.29, 1.82) is 0 Å². The van der Waals surface area contributed by atoms with E-state index >= 15 is 0 Å². The summed E-state index contributed by atoms with van der Waals surface area (Å²) in [7, 11) is 0. The minimum atomic E-state index is -0.674. The van der Waals surface area contributed by atoms with E-state index in [9.17, 15) is 9.50 Å². The molecule has 0 aliphatic carbocycles. The lowest BCUT2D eigenvalue weighted by atomic mass is 10.1. The van der Waals surface area contributed by atoms with Crippen molar-refractivity contribution < 1.29 is 23.7 Å². The fourth-order valence-corrected chi connectivity index (χ4v) is 2.43. The van der Waals surface area contributed by atoms with Crippen LogP contribution in [0, 0.1) is 5.82 Å². The van der Waals surface area contributed by atoms with E-state index in [1.807, 2.05) is 18.2 Å². The molecule has 3 rings (SSSR count). The van der Waals surface area contributed by atoms with Crippen molar-refractivity contribution in [3.05, 3.63) is 53.8 Å². The number of aliphatic hydroxyl groups excluding tert-OH is 1. The third-order valence-electron chi connectivity index (χ3n) is 3.60. The number of fused-ring (bicyclic) bond motifs is 1. The first kappa shape index (κ1) is 16.5. The molecule has 128 valence electrons. The molecule has 0 saturated carbocycles. The summed E-state index contributed by atoms with van der Waals surface area (Å²) in [6.07, 6.45) is -0.674. The number of nitrogens with one attached hydrogen (secondary N) is 1. The predicted molar refractivity (Wildman–Crippen MR) is 87.0 cm³/mol. The highest BCUT2D eigenvalue weighted by atomic mass is 19.1. The summed E-state index contributed by atoms with van der Waals surface area (Å²) < 4.78 is 29.4. The molecule has 1 atom stereocenters. The molecule has 6 heteroatoms. The zero-order valence-electron chi connectivity index (χ0n) is 13.2. The minimum Gasteiger partial charge on any atom is -0.491 e. The highest BCUT2D eigenvalue weighted by Crippen LogP contribution is 2.33. The lowest BCUT2D eigenvalue weighted by Gasteiger charge is -2.21. The molecule has 0 fully saturated rings. The van der Waals surface area contributed by atoms with Crippen molar-refractivity contribution in [2.45, 2.75) is 12.6 Å². The third kappa shape index (κ3) is 4.37. The Hall–Kier alpha value is -2.31. The average molecular weight is 333 g/mol. The second-order valence-electron chi connectivity index (χ2n) is 5.49. The van der Waals surface area contributed by atoms with E-state index in [-0.39, 0.29) is 12.4 Å². The van der Waals surface area contributed by atoms with Gasteiger partial charge < -0.3 is 24.6 Å². The summed E-state index contributed by atoms with van der Waals surface area (Å²) >= 11 is 0. The molecule has 1 aliphatic rings. The standard InChI is InChI=1S/C18H20FNO4/c19-14-4-6-16(7-5-14)24-12-15(21)11-20-10-13-2-1-3-17-18(13)23-9-8-22-17/h1-7,15,20-21H,8-12H2/t15-/m1/s1. The molecule has 0 saturated heterocycles. The smallest absolute Gasteiger partial charge is 0.165 e. The Labute approximate surface area is 140 Å². The molecule has 0 bridgehead atoms. The molecule has 5 nitrogen and oxygen atoms in total. The van der Waals surface area contributed by atoms with Crippen LogP contribution in [0.3, 0.4) is 0 Å². The van der Waals surface area contributed by atoms with E-state index in [1.54, 1.807) is 0 Å². The van der Waals surface area contributed by atoms with Crippen LogP contribution in [-0.4, -0.2) is 37.6 Å². The van der Waals surface area contributed by atoms with Crippen molar-refractivity contribution in [1.82, 2.24) is 5.32 Å². The maximum atomic E-state index is 12.8. The average Bonchev–Trinajstić information content (AvgIpc) is 2.61. The van der Waals surface area contributed by atoms with Crippen LogP contribution in [0.2, 0.25) is 0 Å². The Kier molecular flexibility index (Phi) is 5.51. The molecule has 2 aromatic carbocycles. The maximum Gasteiger partial charge on any atom is 0.165 e. The van der Waals surface area contributed by atoms with Crippen LogP contribution in [0.1, 0.15) is 5.56 Å². The van der Waals surface area contributed by atoms with Crippen LogP contribution < -0.4 is 19.5 Å². The molecular weight excluding hydrogens is 313 g/mol. The van der Waals surface area contributed by atoms with Gasteiger partial charge in [0, 0.05) is 18.7 Å². The number of benzene rings is 2. The van der Waals surface area contributed by atoms with Crippen LogP contribution in [0.15, 0.2) is 42.5 Å². The second kappa shape index (κ2) is 7.99. The molecule has 0 aromatic heterocycles. The van der Waals surface area contributed by atoms with Crippen molar-refractivity contribution in [2.24, 2.45) is 0 Å². The predicted octanol–water partition coefficient (Wildman–Crippen LogP) is 2.13. The topological polar surface area (TPSA) is 60.0 Å². The van der Waals surface area contributed by atoms with E-state index < -0.39 is 6.10 Å². The van der Waals surface area contributed by atoms with E-state index in [4.69, 9.17) is 14.2 Å². The van der Waals surface area contributed by atoms with Gasteiger partial charge in [-0.2, -0.15) is 0 Å². The first-order chi connectivity index (χ1) is 11.7. The Balaban J connectivity index is 1.44. The highest BCUT2D eigenvalue weighted by molar-refractivity contribution is 5.47. The molecule has 1 aliphatic heterocycles. The van der Waals surface area contributed by atoms with Gasteiger partial charge in [0.15, 0.2) is 11.5 Å². The van der Waals surface area contributed by atoms with E-state index in [1.165, 1.54) is 24.3 Å². The monoisotopic (exact) mass is 333 g/mol. The normalized spacial score (nSPS) is 14.2. The summed E-state index contributed by atoms with van der Waals surface area (Å²) in [5.41, 5.74) is 0.985. The second-order valence-corrected chi connectivity index (χ2v) is 5.49. The maximum absolute atomic E-state index is 12.8. The first-order valence-corrected chi connectivity index (χ1v) is 7.87. The van der Waals surface area contributed by atoms with Crippen LogP contribution in [0.25, 0.3) is 0 Å². The largest absolute Gasteiger partial charge is 0.491 e. The lowest BCUT2D eigenvalue weighted by molar-refractivity contribution is 0.106. The van der Waals surface area contributed by atoms with E-state index in [2.05, 4.69) is 5.32 Å². The molecule has 0 spiro atoms. The number of aliphatic hydroxyl groups is 1. The van der Waals surface area contributed by atoms with Gasteiger partial charge in [-0.15, -0.1) is 0 Å². The van der Waals surface area contributed by atoms with Crippen LogP contribution in [0.4, 0.5) is 4.39 Å². The van der Waals surface area contributed by atoms with Gasteiger partial charge in [-0.05, 0) is 30.3 Å². The summed E-state index contributed by atoms with van der Waals surface area (Å²) in [4.78, 5) is 0.